The molecule has 1 aliphatic carbocycles. The molecule has 10 heteroatoms. The van der Waals surface area contributed by atoms with Crippen molar-refractivity contribution in [1.82, 2.24) is 14.7 Å². The molecule has 1 aromatic carbocycles. The van der Waals surface area contributed by atoms with E-state index in [9.17, 15) is 18.8 Å². The highest BCUT2D eigenvalue weighted by Gasteiger charge is 2.29. The Kier molecular flexibility index (Phi) is 5.80. The average Bonchev–Trinajstić information content (AvgIpc) is 3.47. The number of pyridine rings is 1. The van der Waals surface area contributed by atoms with Gasteiger partial charge in [0.25, 0.3) is 5.91 Å². The first kappa shape index (κ1) is 22.3. The van der Waals surface area contributed by atoms with E-state index < -0.39 is 18.1 Å². The van der Waals surface area contributed by atoms with Crippen LogP contribution in [0.5, 0.6) is 17.2 Å². The lowest BCUT2D eigenvalue weighted by Gasteiger charge is -2.18. The van der Waals surface area contributed by atoms with Gasteiger partial charge in [-0.2, -0.15) is 14.0 Å². The zero-order chi connectivity index (χ0) is 23.8. The van der Waals surface area contributed by atoms with Crippen molar-refractivity contribution in [3.8, 4) is 34.6 Å². The Hall–Kier alpha value is -3.87. The van der Waals surface area contributed by atoms with Crippen LogP contribution >= 0.6 is 0 Å². The summed E-state index contributed by atoms with van der Waals surface area (Å²) in [6.07, 6.45) is 4.93. The minimum Gasteiger partial charge on any atom is -0.496 e. The summed E-state index contributed by atoms with van der Waals surface area (Å²) in [7, 11) is 1.36. The minimum absolute atomic E-state index is 0.0301. The number of amides is 1. The van der Waals surface area contributed by atoms with Gasteiger partial charge in [0.15, 0.2) is 5.60 Å². The largest absolute Gasteiger partial charge is 0.496 e. The van der Waals surface area contributed by atoms with Crippen LogP contribution < -0.4 is 19.5 Å². The fourth-order valence-electron chi connectivity index (χ4n) is 3.35. The predicted octanol–water partition coefficient (Wildman–Crippen LogP) is 4.18. The maximum absolute atomic E-state index is 13.2. The average molecular weight is 456 g/mol. The van der Waals surface area contributed by atoms with Gasteiger partial charge in [0.1, 0.15) is 34.5 Å². The number of ether oxygens (including phenoxy) is 3. The van der Waals surface area contributed by atoms with Gasteiger partial charge >= 0.3 is 6.61 Å². The van der Waals surface area contributed by atoms with Gasteiger partial charge in [0.2, 0.25) is 0 Å². The second-order valence-electron chi connectivity index (χ2n) is 8.14. The minimum atomic E-state index is -3.12. The normalized spacial score (nSPS) is 13.6. The molecule has 0 aliphatic heterocycles. The summed E-state index contributed by atoms with van der Waals surface area (Å²) in [5.74, 6) is -0.260. The molecule has 2 aromatic heterocycles. The third-order valence-corrected chi connectivity index (χ3v) is 5.06. The number of nitrogens with zero attached hydrogens (tertiary/aromatic N) is 3. The van der Waals surface area contributed by atoms with E-state index in [4.69, 9.17) is 14.2 Å². The lowest BCUT2D eigenvalue weighted by molar-refractivity contribution is -0.0502. The molecule has 0 bridgehead atoms. The number of methoxy groups -OCH3 is 1. The van der Waals surface area contributed by atoms with Gasteiger partial charge in [-0.15, -0.1) is 0 Å². The van der Waals surface area contributed by atoms with E-state index in [-0.39, 0.29) is 23.1 Å². The summed E-state index contributed by atoms with van der Waals surface area (Å²) in [6.45, 7) is 0.167. The number of nitrogens with one attached hydrogen (secondary N) is 1. The van der Waals surface area contributed by atoms with Gasteiger partial charge in [-0.05, 0) is 44.9 Å². The van der Waals surface area contributed by atoms with Crippen LogP contribution in [0.1, 0.15) is 37.0 Å². The molecule has 1 amide bonds. The summed E-state index contributed by atoms with van der Waals surface area (Å²) in [6, 6.07) is 8.36. The molecule has 0 saturated heterocycles. The highest BCUT2D eigenvalue weighted by atomic mass is 19.3. The van der Waals surface area contributed by atoms with Gasteiger partial charge in [-0.3, -0.25) is 9.20 Å². The number of fused-ring (bicyclic) bond motifs is 1. The molecule has 1 N–H and O–H groups in total. The maximum atomic E-state index is 13.2. The molecule has 1 fully saturated rings. The third-order valence-electron chi connectivity index (χ3n) is 5.06. The lowest BCUT2D eigenvalue weighted by atomic mass is 10.1. The molecule has 0 atom stereocenters. The molecular formula is C23H22F2N4O4. The number of nitriles is 1. The van der Waals surface area contributed by atoms with Gasteiger partial charge in [-0.1, -0.05) is 0 Å². The van der Waals surface area contributed by atoms with Crippen molar-refractivity contribution in [1.29, 1.82) is 5.26 Å². The highest BCUT2D eigenvalue weighted by Crippen LogP contribution is 2.37. The molecule has 1 aliphatic rings. The first-order chi connectivity index (χ1) is 15.7. The zero-order valence-corrected chi connectivity index (χ0v) is 18.3. The summed E-state index contributed by atoms with van der Waals surface area (Å²) < 4.78 is 43.8. The number of carbonyl (C=O) groups is 1. The van der Waals surface area contributed by atoms with E-state index in [1.54, 1.807) is 48.8 Å². The molecule has 0 spiro atoms. The van der Waals surface area contributed by atoms with E-state index in [2.05, 4.69) is 16.4 Å². The molecule has 2 heterocycles. The summed E-state index contributed by atoms with van der Waals surface area (Å²) in [5, 5.41) is 11.9. The quantitative estimate of drug-likeness (QED) is 0.546. The molecule has 4 rings (SSSR count). The predicted molar refractivity (Wildman–Crippen MR) is 115 cm³/mol. The van der Waals surface area contributed by atoms with Crippen LogP contribution in [0.15, 0.2) is 36.7 Å². The highest BCUT2D eigenvalue weighted by molar-refractivity contribution is 6.01. The van der Waals surface area contributed by atoms with Crippen LogP contribution in [0.2, 0.25) is 0 Å². The second kappa shape index (κ2) is 8.58. The van der Waals surface area contributed by atoms with Crippen molar-refractivity contribution >= 4 is 11.6 Å². The maximum Gasteiger partial charge on any atom is 0.387 e. The first-order valence-corrected chi connectivity index (χ1v) is 10.3. The molecular weight excluding hydrogens is 434 g/mol. The SMILES string of the molecule is COc1cc(-c2cnc3cc(OC(C)(C)C#N)ccn23)cc(OC(F)F)c1C(=O)NC1CC1. The molecule has 3 aromatic rings. The molecule has 0 radical (unpaired) electrons. The smallest absolute Gasteiger partial charge is 0.387 e. The van der Waals surface area contributed by atoms with Crippen LogP contribution in [-0.4, -0.2) is 40.7 Å². The number of imidazole rings is 1. The molecule has 33 heavy (non-hydrogen) atoms. The second-order valence-corrected chi connectivity index (χ2v) is 8.14. The van der Waals surface area contributed by atoms with E-state index in [1.807, 2.05) is 0 Å². The monoisotopic (exact) mass is 456 g/mol. The Morgan fingerprint density at radius 3 is 2.67 bits per heavy atom. The number of benzene rings is 1. The Bertz CT molecular complexity index is 1250. The molecule has 0 unspecified atom stereocenters. The fourth-order valence-corrected chi connectivity index (χ4v) is 3.35. The van der Waals surface area contributed by atoms with Crippen molar-refractivity contribution in [2.24, 2.45) is 0 Å². The molecule has 8 nitrogen and oxygen atoms in total. The third kappa shape index (κ3) is 4.82. The number of aromatic nitrogens is 2. The summed E-state index contributed by atoms with van der Waals surface area (Å²) >= 11 is 0. The van der Waals surface area contributed by atoms with E-state index in [0.717, 1.165) is 12.8 Å². The number of halogens is 2. The Morgan fingerprint density at radius 2 is 2.03 bits per heavy atom. The van der Waals surface area contributed by atoms with Gasteiger partial charge < -0.3 is 19.5 Å². The number of rotatable bonds is 8. The van der Waals surface area contributed by atoms with Crippen molar-refractivity contribution in [2.75, 3.05) is 7.11 Å². The van der Waals surface area contributed by atoms with Crippen LogP contribution in [0.4, 0.5) is 8.78 Å². The van der Waals surface area contributed by atoms with Gasteiger partial charge in [0.05, 0.1) is 19.0 Å². The van der Waals surface area contributed by atoms with Crippen molar-refractivity contribution in [3.63, 3.8) is 0 Å². The number of carbonyl (C=O) groups excluding carboxylic acids is 1. The van der Waals surface area contributed by atoms with Crippen LogP contribution in [-0.2, 0) is 0 Å². The van der Waals surface area contributed by atoms with E-state index >= 15 is 0 Å². The lowest BCUT2D eigenvalue weighted by Crippen LogP contribution is -2.26. The summed E-state index contributed by atoms with van der Waals surface area (Å²) in [5.41, 5.74) is 0.435. The Morgan fingerprint density at radius 1 is 1.30 bits per heavy atom. The number of hydrogen-bond donors (Lipinski definition) is 1. The number of hydrogen-bond acceptors (Lipinski definition) is 6. The van der Waals surface area contributed by atoms with Crippen molar-refractivity contribution < 1.29 is 27.8 Å². The van der Waals surface area contributed by atoms with Crippen LogP contribution in [0.3, 0.4) is 0 Å². The van der Waals surface area contributed by atoms with E-state index in [0.29, 0.717) is 22.7 Å². The van der Waals surface area contributed by atoms with Crippen LogP contribution in [0, 0.1) is 11.3 Å². The molecule has 172 valence electrons. The van der Waals surface area contributed by atoms with E-state index in [1.165, 1.54) is 13.2 Å². The zero-order valence-electron chi connectivity index (χ0n) is 18.3. The Balaban J connectivity index is 1.76. The number of alkyl halides is 2. The summed E-state index contributed by atoms with van der Waals surface area (Å²) in [4.78, 5) is 17.0. The van der Waals surface area contributed by atoms with Crippen molar-refractivity contribution in [2.45, 2.75) is 44.9 Å². The topological polar surface area (TPSA) is 97.9 Å². The Labute approximate surface area is 188 Å². The molecule has 1 saturated carbocycles. The van der Waals surface area contributed by atoms with Crippen LogP contribution in [0.25, 0.3) is 16.9 Å². The fraction of sp³-hybridized carbons (Fsp3) is 0.348. The van der Waals surface area contributed by atoms with Crippen molar-refractivity contribution in [3.05, 3.63) is 42.2 Å². The van der Waals surface area contributed by atoms with Gasteiger partial charge in [-0.25, -0.2) is 4.98 Å². The standard InChI is InChI=1S/C23H22F2N4O4/c1-23(2,12-26)33-15-6-7-29-16(11-27-19(29)10-15)13-8-17(31-3)20(18(9-13)32-22(24)25)21(30)28-14-4-5-14/h6-11,14,22H,4-5H2,1-3H3,(H,28,30). The van der Waals surface area contributed by atoms with Gasteiger partial charge in [0, 0.05) is 23.9 Å². The first-order valence-electron chi connectivity index (χ1n) is 10.3.